The minimum atomic E-state index is -0.269. The highest BCUT2D eigenvalue weighted by molar-refractivity contribution is 6.12. The molecule has 0 atom stereocenters. The van der Waals surface area contributed by atoms with Gasteiger partial charge in [0.25, 0.3) is 0 Å². The first-order valence-corrected chi connectivity index (χ1v) is 12.9. The summed E-state index contributed by atoms with van der Waals surface area (Å²) in [6.07, 6.45) is 1.76. The third kappa shape index (κ3) is 3.30. The van der Waals surface area contributed by atoms with Gasteiger partial charge in [-0.1, -0.05) is 54.6 Å². The number of fused-ring (bicyclic) bond motifs is 6. The second-order valence-corrected chi connectivity index (χ2v) is 9.67. The van der Waals surface area contributed by atoms with Crippen LogP contribution in [0, 0.1) is 5.82 Å². The van der Waals surface area contributed by atoms with E-state index in [4.69, 9.17) is 4.98 Å². The molecule has 0 saturated carbocycles. The molecule has 8 rings (SSSR count). The van der Waals surface area contributed by atoms with Crippen LogP contribution >= 0.6 is 0 Å². The zero-order valence-corrected chi connectivity index (χ0v) is 20.8. The molecule has 184 valence electrons. The zero-order chi connectivity index (χ0) is 25.9. The van der Waals surface area contributed by atoms with Crippen molar-refractivity contribution in [1.29, 1.82) is 0 Å². The number of aromatic nitrogens is 4. The van der Waals surface area contributed by atoms with Gasteiger partial charge in [-0.15, -0.1) is 0 Å². The van der Waals surface area contributed by atoms with Crippen molar-refractivity contribution in [2.24, 2.45) is 0 Å². The molecule has 0 radical (unpaired) electrons. The largest absolute Gasteiger partial charge is 0.309 e. The van der Waals surface area contributed by atoms with Crippen LogP contribution in [0.15, 0.2) is 128 Å². The van der Waals surface area contributed by atoms with Crippen LogP contribution in [0.2, 0.25) is 0 Å². The van der Waals surface area contributed by atoms with Gasteiger partial charge in [0.15, 0.2) is 0 Å². The topological polar surface area (TPSA) is 35.6 Å². The Hall–Kier alpha value is -5.29. The predicted molar refractivity (Wildman–Crippen MR) is 156 cm³/mol. The third-order valence-corrected chi connectivity index (χ3v) is 7.48. The zero-order valence-electron chi connectivity index (χ0n) is 20.8. The minimum Gasteiger partial charge on any atom is -0.309 e. The van der Waals surface area contributed by atoms with Crippen molar-refractivity contribution in [3.8, 4) is 22.9 Å². The summed E-state index contributed by atoms with van der Waals surface area (Å²) in [5.41, 5.74) is 7.10. The van der Waals surface area contributed by atoms with E-state index < -0.39 is 0 Å². The molecule has 0 spiro atoms. The van der Waals surface area contributed by atoms with Crippen molar-refractivity contribution in [1.82, 2.24) is 19.1 Å². The lowest BCUT2D eigenvalue weighted by Crippen LogP contribution is -2.02. The first kappa shape index (κ1) is 21.8. The Bertz CT molecular complexity index is 2130. The summed E-state index contributed by atoms with van der Waals surface area (Å²) >= 11 is 0. The molecule has 3 aromatic heterocycles. The molecule has 0 aliphatic rings. The van der Waals surface area contributed by atoms with Crippen molar-refractivity contribution < 1.29 is 4.39 Å². The second kappa shape index (κ2) is 8.36. The van der Waals surface area contributed by atoms with E-state index in [2.05, 4.69) is 99.0 Å². The number of benzene rings is 5. The van der Waals surface area contributed by atoms with E-state index in [1.807, 2.05) is 12.1 Å². The summed E-state index contributed by atoms with van der Waals surface area (Å²) in [6, 6.07) is 40.3. The number of rotatable bonds is 3. The standard InChI is InChI=1S/C34H21FN4/c35-23-15-13-22(14-16-23)29-19-20-36-34(37-29)39-32-12-6-3-9-27(32)28-21-24(17-18-33(28)39)38-30-10-4-1-7-25(30)26-8-2-5-11-31(26)38/h1-21H. The average molecular weight is 505 g/mol. The molecule has 0 unspecified atom stereocenters. The lowest BCUT2D eigenvalue weighted by atomic mass is 10.1. The molecule has 4 nitrogen and oxygen atoms in total. The second-order valence-electron chi connectivity index (χ2n) is 9.67. The number of halogens is 1. The third-order valence-electron chi connectivity index (χ3n) is 7.48. The van der Waals surface area contributed by atoms with E-state index in [9.17, 15) is 4.39 Å². The molecule has 5 aromatic carbocycles. The van der Waals surface area contributed by atoms with E-state index in [0.717, 1.165) is 38.8 Å². The van der Waals surface area contributed by atoms with Gasteiger partial charge >= 0.3 is 0 Å². The fourth-order valence-corrected chi connectivity index (χ4v) is 5.75. The lowest BCUT2D eigenvalue weighted by Gasteiger charge is -2.10. The van der Waals surface area contributed by atoms with Crippen molar-refractivity contribution in [3.63, 3.8) is 0 Å². The minimum absolute atomic E-state index is 0.269. The van der Waals surface area contributed by atoms with Crippen LogP contribution in [0.4, 0.5) is 4.39 Å². The number of hydrogen-bond acceptors (Lipinski definition) is 2. The summed E-state index contributed by atoms with van der Waals surface area (Å²) in [6.45, 7) is 0. The van der Waals surface area contributed by atoms with Crippen LogP contribution in [0.3, 0.4) is 0 Å². The Labute approximate surface area is 223 Å². The average Bonchev–Trinajstić information content (AvgIpc) is 3.50. The fraction of sp³-hybridized carbons (Fsp3) is 0. The molecule has 0 N–H and O–H groups in total. The normalized spacial score (nSPS) is 11.7. The van der Waals surface area contributed by atoms with Gasteiger partial charge in [-0.3, -0.25) is 4.57 Å². The molecule has 3 heterocycles. The van der Waals surface area contributed by atoms with E-state index in [1.54, 1.807) is 18.3 Å². The van der Waals surface area contributed by atoms with E-state index >= 15 is 0 Å². The Kier molecular flexibility index (Phi) is 4.67. The van der Waals surface area contributed by atoms with Gasteiger partial charge in [-0.25, -0.2) is 14.4 Å². The predicted octanol–water partition coefficient (Wildman–Crippen LogP) is 8.48. The molecule has 0 aliphatic carbocycles. The summed E-state index contributed by atoms with van der Waals surface area (Å²) in [4.78, 5) is 9.55. The summed E-state index contributed by atoms with van der Waals surface area (Å²) in [5, 5.41) is 4.73. The Balaban J connectivity index is 1.38. The van der Waals surface area contributed by atoms with Gasteiger partial charge in [-0.05, 0) is 66.7 Å². The maximum absolute atomic E-state index is 13.5. The molecule has 0 saturated heterocycles. The number of para-hydroxylation sites is 3. The lowest BCUT2D eigenvalue weighted by molar-refractivity contribution is 0.628. The van der Waals surface area contributed by atoms with E-state index in [0.29, 0.717) is 5.95 Å². The van der Waals surface area contributed by atoms with Crippen LogP contribution in [0.1, 0.15) is 0 Å². The highest BCUT2D eigenvalue weighted by atomic mass is 19.1. The number of nitrogens with zero attached hydrogens (tertiary/aromatic N) is 4. The van der Waals surface area contributed by atoms with Gasteiger partial charge in [0.2, 0.25) is 5.95 Å². The van der Waals surface area contributed by atoms with Gasteiger partial charge in [-0.2, -0.15) is 0 Å². The summed E-state index contributed by atoms with van der Waals surface area (Å²) in [5.74, 6) is 0.308. The smallest absolute Gasteiger partial charge is 0.235 e. The maximum Gasteiger partial charge on any atom is 0.235 e. The molecule has 39 heavy (non-hydrogen) atoms. The monoisotopic (exact) mass is 504 g/mol. The maximum atomic E-state index is 13.5. The van der Waals surface area contributed by atoms with Crippen LogP contribution in [-0.4, -0.2) is 19.1 Å². The highest BCUT2D eigenvalue weighted by Crippen LogP contribution is 2.36. The van der Waals surface area contributed by atoms with Gasteiger partial charge in [0.05, 0.1) is 27.8 Å². The van der Waals surface area contributed by atoms with Crippen molar-refractivity contribution in [3.05, 3.63) is 133 Å². The van der Waals surface area contributed by atoms with Crippen LogP contribution in [-0.2, 0) is 0 Å². The van der Waals surface area contributed by atoms with Gasteiger partial charge in [0, 0.05) is 39.0 Å². The summed E-state index contributed by atoms with van der Waals surface area (Å²) < 4.78 is 18.0. The first-order chi connectivity index (χ1) is 19.3. The molecule has 0 fully saturated rings. The van der Waals surface area contributed by atoms with E-state index in [1.165, 1.54) is 33.9 Å². The van der Waals surface area contributed by atoms with Crippen molar-refractivity contribution in [2.45, 2.75) is 0 Å². The fourth-order valence-electron chi connectivity index (χ4n) is 5.75. The van der Waals surface area contributed by atoms with Crippen LogP contribution < -0.4 is 0 Å². The molecule has 0 aliphatic heterocycles. The Morgan fingerprint density at radius 2 is 1.08 bits per heavy atom. The highest BCUT2D eigenvalue weighted by Gasteiger charge is 2.17. The SMILES string of the molecule is Fc1ccc(-c2ccnc(-n3c4ccccc4c4cc(-n5c6ccccc6c6ccccc65)ccc43)n2)cc1. The van der Waals surface area contributed by atoms with Gasteiger partial charge < -0.3 is 4.57 Å². The van der Waals surface area contributed by atoms with Crippen molar-refractivity contribution >= 4 is 43.6 Å². The molecule has 8 aromatic rings. The first-order valence-electron chi connectivity index (χ1n) is 12.9. The quantitative estimate of drug-likeness (QED) is 0.242. The van der Waals surface area contributed by atoms with Crippen molar-refractivity contribution in [2.75, 3.05) is 0 Å². The van der Waals surface area contributed by atoms with E-state index in [-0.39, 0.29) is 5.82 Å². The molecule has 5 heteroatoms. The summed E-state index contributed by atoms with van der Waals surface area (Å²) in [7, 11) is 0. The van der Waals surface area contributed by atoms with Gasteiger partial charge in [0.1, 0.15) is 5.82 Å². The molecule has 0 amide bonds. The Morgan fingerprint density at radius 1 is 0.513 bits per heavy atom. The number of hydrogen-bond donors (Lipinski definition) is 0. The molecular formula is C34H21FN4. The molecule has 0 bridgehead atoms. The van der Waals surface area contributed by atoms with Crippen LogP contribution in [0.25, 0.3) is 66.5 Å². The Morgan fingerprint density at radius 3 is 1.74 bits per heavy atom. The molecular weight excluding hydrogens is 483 g/mol. The van der Waals surface area contributed by atoms with Crippen LogP contribution in [0.5, 0.6) is 0 Å².